The van der Waals surface area contributed by atoms with Crippen molar-refractivity contribution < 1.29 is 18.7 Å². The summed E-state index contributed by atoms with van der Waals surface area (Å²) in [5, 5.41) is 5.66. The summed E-state index contributed by atoms with van der Waals surface area (Å²) >= 11 is 0. The minimum absolute atomic E-state index is 0.213. The second kappa shape index (κ2) is 9.07. The van der Waals surface area contributed by atoms with Gasteiger partial charge >= 0.3 is 0 Å². The van der Waals surface area contributed by atoms with E-state index in [2.05, 4.69) is 15.6 Å². The zero-order valence-corrected chi connectivity index (χ0v) is 15.6. The number of nitrogens with two attached hydrogens (primary N) is 1. The van der Waals surface area contributed by atoms with Crippen LogP contribution < -0.4 is 25.8 Å². The molecular formula is C20H23FN4O3. The summed E-state index contributed by atoms with van der Waals surface area (Å²) in [6.45, 7) is 3.43. The molecule has 1 aliphatic rings. The van der Waals surface area contributed by atoms with Gasteiger partial charge in [-0.3, -0.25) is 9.79 Å². The number of halogens is 1. The Kier molecular flexibility index (Phi) is 6.31. The monoisotopic (exact) mass is 386 g/mol. The van der Waals surface area contributed by atoms with Gasteiger partial charge in [0.15, 0.2) is 17.5 Å². The summed E-state index contributed by atoms with van der Waals surface area (Å²) < 4.78 is 24.7. The number of aliphatic imine (C=N–C) groups is 1. The molecule has 4 N–H and O–H groups in total. The van der Waals surface area contributed by atoms with E-state index in [4.69, 9.17) is 15.2 Å². The Morgan fingerprint density at radius 2 is 1.96 bits per heavy atom. The highest BCUT2D eigenvalue weighted by Gasteiger charge is 2.11. The zero-order valence-electron chi connectivity index (χ0n) is 15.6. The molecule has 148 valence electrons. The summed E-state index contributed by atoms with van der Waals surface area (Å²) in [5.74, 6) is 0.810. The predicted octanol–water partition coefficient (Wildman–Crippen LogP) is 2.45. The minimum atomic E-state index is -0.408. The molecule has 1 aliphatic heterocycles. The molecule has 0 atom stereocenters. The van der Waals surface area contributed by atoms with Gasteiger partial charge in [-0.1, -0.05) is 6.07 Å². The number of rotatable bonds is 5. The number of guanidine groups is 1. The molecule has 1 amide bonds. The van der Waals surface area contributed by atoms with Crippen molar-refractivity contribution >= 4 is 17.6 Å². The fraction of sp³-hybridized carbons (Fsp3) is 0.300. The van der Waals surface area contributed by atoms with E-state index in [-0.39, 0.29) is 30.5 Å². The third-order valence-corrected chi connectivity index (χ3v) is 4.13. The van der Waals surface area contributed by atoms with E-state index in [9.17, 15) is 9.18 Å². The van der Waals surface area contributed by atoms with Gasteiger partial charge in [0.2, 0.25) is 0 Å². The number of anilines is 1. The van der Waals surface area contributed by atoms with Crippen molar-refractivity contribution in [3.05, 3.63) is 53.3 Å². The first-order valence-electron chi connectivity index (χ1n) is 9.04. The molecule has 3 rings (SSSR count). The SMILES string of the molecule is Cc1ccc(C(=O)NCCN=C(N)Nc2ccc3c(c2)OCCCO3)cc1F. The summed E-state index contributed by atoms with van der Waals surface area (Å²) in [5.41, 5.74) is 7.37. The highest BCUT2D eigenvalue weighted by atomic mass is 19.1. The number of nitrogens with zero attached hydrogens (tertiary/aromatic N) is 1. The summed E-state index contributed by atoms with van der Waals surface area (Å²) in [4.78, 5) is 16.2. The first-order valence-corrected chi connectivity index (χ1v) is 9.04. The number of hydrogen-bond acceptors (Lipinski definition) is 4. The van der Waals surface area contributed by atoms with E-state index in [0.29, 0.717) is 30.3 Å². The number of nitrogens with one attached hydrogen (secondary N) is 2. The Morgan fingerprint density at radius 3 is 2.75 bits per heavy atom. The van der Waals surface area contributed by atoms with Gasteiger partial charge in [0.1, 0.15) is 5.82 Å². The van der Waals surface area contributed by atoms with E-state index in [1.165, 1.54) is 6.07 Å². The molecule has 0 aromatic heterocycles. The first kappa shape index (κ1) is 19.5. The molecule has 0 bridgehead atoms. The molecule has 0 unspecified atom stereocenters. The quantitative estimate of drug-likeness (QED) is 0.417. The van der Waals surface area contributed by atoms with Crippen molar-refractivity contribution in [1.82, 2.24) is 5.32 Å². The fourth-order valence-corrected chi connectivity index (χ4v) is 2.61. The first-order chi connectivity index (χ1) is 13.5. The Morgan fingerprint density at radius 1 is 1.18 bits per heavy atom. The third-order valence-electron chi connectivity index (χ3n) is 4.13. The van der Waals surface area contributed by atoms with E-state index in [1.807, 2.05) is 12.1 Å². The number of hydrogen-bond donors (Lipinski definition) is 3. The van der Waals surface area contributed by atoms with Crippen molar-refractivity contribution in [2.75, 3.05) is 31.6 Å². The number of amides is 1. The van der Waals surface area contributed by atoms with Crippen LogP contribution in [0.5, 0.6) is 11.5 Å². The normalized spacial score (nSPS) is 13.6. The molecule has 0 saturated carbocycles. The summed E-state index contributed by atoms with van der Waals surface area (Å²) in [6, 6.07) is 9.81. The number of fused-ring (bicyclic) bond motifs is 1. The van der Waals surface area contributed by atoms with Crippen LogP contribution in [0.15, 0.2) is 41.4 Å². The topological polar surface area (TPSA) is 98.0 Å². The second-order valence-electron chi connectivity index (χ2n) is 6.32. The van der Waals surface area contributed by atoms with Gasteiger partial charge in [-0.05, 0) is 36.8 Å². The Labute approximate surface area is 162 Å². The van der Waals surface area contributed by atoms with Gasteiger partial charge in [0, 0.05) is 30.3 Å². The maximum absolute atomic E-state index is 13.5. The highest BCUT2D eigenvalue weighted by molar-refractivity contribution is 5.94. The average Bonchev–Trinajstić information content (AvgIpc) is 2.92. The maximum Gasteiger partial charge on any atom is 0.251 e. The molecule has 0 saturated heterocycles. The van der Waals surface area contributed by atoms with Crippen LogP contribution in [0, 0.1) is 12.7 Å². The van der Waals surface area contributed by atoms with Crippen LogP contribution in [0.25, 0.3) is 0 Å². The predicted molar refractivity (Wildman–Crippen MR) is 106 cm³/mol. The van der Waals surface area contributed by atoms with E-state index < -0.39 is 5.82 Å². The number of carbonyl (C=O) groups is 1. The summed E-state index contributed by atoms with van der Waals surface area (Å²) in [7, 11) is 0. The fourth-order valence-electron chi connectivity index (χ4n) is 2.61. The molecule has 8 heteroatoms. The van der Waals surface area contributed by atoms with E-state index >= 15 is 0 Å². The second-order valence-corrected chi connectivity index (χ2v) is 6.32. The van der Waals surface area contributed by atoms with Gasteiger partial charge in [-0.2, -0.15) is 0 Å². The van der Waals surface area contributed by atoms with Gasteiger partial charge < -0.3 is 25.8 Å². The van der Waals surface area contributed by atoms with Crippen LogP contribution >= 0.6 is 0 Å². The molecule has 2 aromatic rings. The molecule has 1 heterocycles. The lowest BCUT2D eigenvalue weighted by atomic mass is 10.1. The van der Waals surface area contributed by atoms with Gasteiger partial charge in [-0.25, -0.2) is 4.39 Å². The van der Waals surface area contributed by atoms with Gasteiger partial charge in [0.25, 0.3) is 5.91 Å². The van der Waals surface area contributed by atoms with Gasteiger partial charge in [-0.15, -0.1) is 0 Å². The lowest BCUT2D eigenvalue weighted by Gasteiger charge is -2.11. The van der Waals surface area contributed by atoms with Crippen LogP contribution in [0.1, 0.15) is 22.3 Å². The van der Waals surface area contributed by atoms with Crippen molar-refractivity contribution in [3.8, 4) is 11.5 Å². The number of carbonyl (C=O) groups excluding carboxylic acids is 1. The van der Waals surface area contributed by atoms with Crippen LogP contribution in [-0.4, -0.2) is 38.2 Å². The maximum atomic E-state index is 13.5. The largest absolute Gasteiger partial charge is 0.490 e. The molecule has 0 aliphatic carbocycles. The molecule has 28 heavy (non-hydrogen) atoms. The van der Waals surface area contributed by atoms with Crippen LogP contribution in [0.3, 0.4) is 0 Å². The molecule has 7 nitrogen and oxygen atoms in total. The van der Waals surface area contributed by atoms with Crippen LogP contribution in [0.4, 0.5) is 10.1 Å². The molecular weight excluding hydrogens is 363 g/mol. The average molecular weight is 386 g/mol. The lowest BCUT2D eigenvalue weighted by molar-refractivity contribution is 0.0954. The lowest BCUT2D eigenvalue weighted by Crippen LogP contribution is -2.28. The highest BCUT2D eigenvalue weighted by Crippen LogP contribution is 2.32. The van der Waals surface area contributed by atoms with E-state index in [0.717, 1.165) is 12.1 Å². The number of benzene rings is 2. The molecule has 2 aromatic carbocycles. The Balaban J connectivity index is 1.48. The van der Waals surface area contributed by atoms with Crippen molar-refractivity contribution in [2.45, 2.75) is 13.3 Å². The van der Waals surface area contributed by atoms with Crippen LogP contribution in [-0.2, 0) is 0 Å². The molecule has 0 radical (unpaired) electrons. The number of ether oxygens (including phenoxy) is 2. The van der Waals surface area contributed by atoms with Crippen molar-refractivity contribution in [2.24, 2.45) is 10.7 Å². The third kappa shape index (κ3) is 5.12. The zero-order chi connectivity index (χ0) is 19.9. The molecule has 0 fully saturated rings. The standard InChI is InChI=1S/C20H23FN4O3/c1-13-3-4-14(11-16(13)21)19(26)23-7-8-24-20(22)25-15-5-6-17-18(12-15)28-10-2-9-27-17/h3-6,11-12H,2,7-10H2,1H3,(H,23,26)(H3,22,24,25). The van der Waals surface area contributed by atoms with Crippen LogP contribution in [0.2, 0.25) is 0 Å². The van der Waals surface area contributed by atoms with Crippen molar-refractivity contribution in [1.29, 1.82) is 0 Å². The van der Waals surface area contributed by atoms with E-state index in [1.54, 1.807) is 25.1 Å². The molecule has 0 spiro atoms. The Bertz CT molecular complexity index is 886. The minimum Gasteiger partial charge on any atom is -0.490 e. The Hall–Kier alpha value is -3.29. The van der Waals surface area contributed by atoms with Gasteiger partial charge in [0.05, 0.1) is 19.8 Å². The summed E-state index contributed by atoms with van der Waals surface area (Å²) in [6.07, 6.45) is 0.835. The smallest absolute Gasteiger partial charge is 0.251 e. The van der Waals surface area contributed by atoms with Crippen molar-refractivity contribution in [3.63, 3.8) is 0 Å². The number of aryl methyl sites for hydroxylation is 1.